The number of hydrogen-bond acceptors (Lipinski definition) is 8. The fourth-order valence-electron chi connectivity index (χ4n) is 3.55. The summed E-state index contributed by atoms with van der Waals surface area (Å²) >= 11 is 0. The molecule has 0 aromatic heterocycles. The van der Waals surface area contributed by atoms with Crippen molar-refractivity contribution in [1.29, 1.82) is 0 Å². The minimum absolute atomic E-state index is 0.124. The van der Waals surface area contributed by atoms with Gasteiger partial charge in [0.2, 0.25) is 5.91 Å². The highest BCUT2D eigenvalue weighted by molar-refractivity contribution is 6.08. The Hall–Kier alpha value is -3.56. The van der Waals surface area contributed by atoms with Gasteiger partial charge in [-0.05, 0) is 40.2 Å². The number of nitro benzene ring substituents is 1. The maximum absolute atomic E-state index is 13.1. The molecule has 32 heavy (non-hydrogen) atoms. The molecule has 1 aliphatic rings. The molecule has 0 bridgehead atoms. The monoisotopic (exact) mass is 445 g/mol. The minimum atomic E-state index is -0.910. The van der Waals surface area contributed by atoms with Crippen LogP contribution in [0.15, 0.2) is 40.5 Å². The second-order valence-electron chi connectivity index (χ2n) is 8.35. The van der Waals surface area contributed by atoms with E-state index in [1.165, 1.54) is 31.4 Å². The Kier molecular flexibility index (Phi) is 7.50. The predicted molar refractivity (Wildman–Crippen MR) is 116 cm³/mol. The van der Waals surface area contributed by atoms with Gasteiger partial charge in [-0.15, -0.1) is 0 Å². The number of ether oxygens (including phenoxy) is 2. The number of allylic oxidation sites excluding steroid dienone is 1. The summed E-state index contributed by atoms with van der Waals surface area (Å²) in [6, 6.07) is 5.59. The van der Waals surface area contributed by atoms with E-state index in [0.29, 0.717) is 17.0 Å². The molecule has 0 radical (unpaired) electrons. The highest BCUT2D eigenvalue weighted by Gasteiger charge is 2.41. The van der Waals surface area contributed by atoms with E-state index in [2.05, 4.69) is 10.3 Å². The van der Waals surface area contributed by atoms with Crippen LogP contribution in [0.25, 0.3) is 0 Å². The first-order valence-corrected chi connectivity index (χ1v) is 9.94. The minimum Gasteiger partial charge on any atom is -0.468 e. The number of benzene rings is 1. The summed E-state index contributed by atoms with van der Waals surface area (Å²) in [5.41, 5.74) is 0.654. The third kappa shape index (κ3) is 5.77. The van der Waals surface area contributed by atoms with Crippen molar-refractivity contribution in [2.75, 3.05) is 13.7 Å². The molecule has 1 N–H and O–H groups in total. The summed E-state index contributed by atoms with van der Waals surface area (Å²) in [6.45, 7) is 8.04. The van der Waals surface area contributed by atoms with Crippen molar-refractivity contribution < 1.29 is 28.8 Å². The fraction of sp³-hybridized carbons (Fsp3) is 0.455. The topological polar surface area (TPSA) is 137 Å². The molecule has 1 aliphatic heterocycles. The van der Waals surface area contributed by atoms with Gasteiger partial charge in [-0.1, -0.05) is 12.1 Å². The molecule has 0 spiro atoms. The average molecular weight is 445 g/mol. The summed E-state index contributed by atoms with van der Waals surface area (Å²) in [5.74, 6) is -3.52. The molecule has 1 heterocycles. The smallest absolute Gasteiger partial charge is 0.325 e. The lowest BCUT2D eigenvalue weighted by molar-refractivity contribution is -0.384. The summed E-state index contributed by atoms with van der Waals surface area (Å²) in [6.07, 6.45) is 0. The highest BCUT2D eigenvalue weighted by atomic mass is 16.6. The van der Waals surface area contributed by atoms with Crippen molar-refractivity contribution >= 4 is 29.2 Å². The molecule has 2 rings (SSSR count). The number of methoxy groups -OCH3 is 1. The first-order chi connectivity index (χ1) is 14.9. The lowest BCUT2D eigenvalue weighted by Gasteiger charge is -2.31. The van der Waals surface area contributed by atoms with Crippen LogP contribution >= 0.6 is 0 Å². The van der Waals surface area contributed by atoms with Gasteiger partial charge in [-0.3, -0.25) is 29.5 Å². The Morgan fingerprint density at radius 1 is 1.16 bits per heavy atom. The maximum atomic E-state index is 13.1. The van der Waals surface area contributed by atoms with Gasteiger partial charge >= 0.3 is 11.9 Å². The maximum Gasteiger partial charge on any atom is 0.325 e. The molecular formula is C22H27N3O7. The number of nitrogens with one attached hydrogen (secondary N) is 1. The molecule has 10 heteroatoms. The van der Waals surface area contributed by atoms with Crippen molar-refractivity contribution in [2.24, 2.45) is 10.9 Å². The van der Waals surface area contributed by atoms with E-state index < -0.39 is 40.2 Å². The van der Waals surface area contributed by atoms with Crippen LogP contribution in [0.3, 0.4) is 0 Å². The second-order valence-corrected chi connectivity index (χ2v) is 8.35. The molecule has 1 aromatic rings. The predicted octanol–water partition coefficient (Wildman–Crippen LogP) is 2.67. The molecule has 2 atom stereocenters. The van der Waals surface area contributed by atoms with Crippen LogP contribution in [0, 0.1) is 16.0 Å². The summed E-state index contributed by atoms with van der Waals surface area (Å²) < 4.78 is 10.1. The Balaban J connectivity index is 2.44. The van der Waals surface area contributed by atoms with Crippen molar-refractivity contribution in [3.8, 4) is 0 Å². The zero-order valence-corrected chi connectivity index (χ0v) is 18.9. The number of esters is 2. The van der Waals surface area contributed by atoms with E-state index in [9.17, 15) is 24.5 Å². The largest absolute Gasteiger partial charge is 0.468 e. The lowest BCUT2D eigenvalue weighted by atomic mass is 9.75. The standard InChI is InChI=1S/C22H27N3O7/c1-12-17(20(27)23-11-16(26)32-22(3,4)5)19(18(13(2)24-12)21(28)31-6)14-7-9-15(10-8-14)25(29)30/h7-10,18-19H,11H2,1-6H3,(H,23,27). The molecule has 0 saturated carbocycles. The SMILES string of the molecule is COC(=O)C1C(C)=NC(C)=C(C(=O)NCC(=O)OC(C)(C)C)C1c1ccc([N+](=O)[O-])cc1. The molecule has 10 nitrogen and oxygen atoms in total. The first-order valence-electron chi connectivity index (χ1n) is 9.94. The number of carbonyl (C=O) groups excluding carboxylic acids is 3. The molecular weight excluding hydrogens is 418 g/mol. The van der Waals surface area contributed by atoms with Gasteiger partial charge in [-0.2, -0.15) is 0 Å². The Labute approximate surface area is 185 Å². The van der Waals surface area contributed by atoms with Crippen molar-refractivity contribution in [3.05, 3.63) is 51.2 Å². The third-order valence-corrected chi connectivity index (χ3v) is 4.80. The van der Waals surface area contributed by atoms with Crippen LogP contribution in [0.5, 0.6) is 0 Å². The van der Waals surface area contributed by atoms with Gasteiger partial charge in [-0.25, -0.2) is 0 Å². The Morgan fingerprint density at radius 3 is 2.25 bits per heavy atom. The number of nitrogens with zero attached hydrogens (tertiary/aromatic N) is 2. The van der Waals surface area contributed by atoms with Crippen LogP contribution in [0.4, 0.5) is 5.69 Å². The zero-order valence-electron chi connectivity index (χ0n) is 18.9. The van der Waals surface area contributed by atoms with Crippen LogP contribution < -0.4 is 5.32 Å². The first kappa shape index (κ1) is 24.7. The number of rotatable bonds is 6. The number of non-ortho nitro benzene ring substituents is 1. The molecule has 1 aromatic carbocycles. The second kappa shape index (κ2) is 9.71. The van der Waals surface area contributed by atoms with Crippen molar-refractivity contribution in [3.63, 3.8) is 0 Å². The zero-order chi connectivity index (χ0) is 24.2. The van der Waals surface area contributed by atoms with Crippen LogP contribution in [0.1, 0.15) is 46.1 Å². The van der Waals surface area contributed by atoms with E-state index in [0.717, 1.165) is 0 Å². The summed E-state index contributed by atoms with van der Waals surface area (Å²) in [4.78, 5) is 52.6. The quantitative estimate of drug-likeness (QED) is 0.404. The molecule has 1 amide bonds. The van der Waals surface area contributed by atoms with E-state index >= 15 is 0 Å². The van der Waals surface area contributed by atoms with E-state index in [1.807, 2.05) is 0 Å². The van der Waals surface area contributed by atoms with Crippen LogP contribution in [-0.4, -0.2) is 47.7 Å². The lowest BCUT2D eigenvalue weighted by Crippen LogP contribution is -2.41. The molecule has 2 unspecified atom stereocenters. The van der Waals surface area contributed by atoms with Crippen LogP contribution in [-0.2, 0) is 23.9 Å². The van der Waals surface area contributed by atoms with E-state index in [1.54, 1.807) is 34.6 Å². The van der Waals surface area contributed by atoms with Gasteiger partial charge < -0.3 is 14.8 Å². The molecule has 0 saturated heterocycles. The normalized spacial score (nSPS) is 18.5. The number of nitro groups is 1. The van der Waals surface area contributed by atoms with E-state index in [-0.39, 0.29) is 17.8 Å². The van der Waals surface area contributed by atoms with Crippen LogP contribution in [0.2, 0.25) is 0 Å². The summed E-state index contributed by atoms with van der Waals surface area (Å²) in [5, 5.41) is 13.6. The number of hydrogen-bond donors (Lipinski definition) is 1. The Bertz CT molecular complexity index is 988. The highest BCUT2D eigenvalue weighted by Crippen LogP contribution is 2.40. The third-order valence-electron chi connectivity index (χ3n) is 4.80. The number of amides is 1. The van der Waals surface area contributed by atoms with Gasteiger partial charge in [0.15, 0.2) is 0 Å². The molecule has 0 aliphatic carbocycles. The summed E-state index contributed by atoms with van der Waals surface area (Å²) in [7, 11) is 1.23. The fourth-order valence-corrected chi connectivity index (χ4v) is 3.55. The molecule has 172 valence electrons. The van der Waals surface area contributed by atoms with Gasteiger partial charge in [0.1, 0.15) is 18.1 Å². The number of aliphatic imine (C=N–C) groups is 1. The van der Waals surface area contributed by atoms with Crippen molar-refractivity contribution in [1.82, 2.24) is 5.32 Å². The van der Waals surface area contributed by atoms with Crippen molar-refractivity contribution in [2.45, 2.75) is 46.1 Å². The van der Waals surface area contributed by atoms with Gasteiger partial charge in [0, 0.05) is 35.0 Å². The van der Waals surface area contributed by atoms with Gasteiger partial charge in [0.05, 0.1) is 12.0 Å². The Morgan fingerprint density at radius 2 is 1.75 bits per heavy atom. The number of carbonyl (C=O) groups is 3. The average Bonchev–Trinajstić information content (AvgIpc) is 2.69. The van der Waals surface area contributed by atoms with Gasteiger partial charge in [0.25, 0.3) is 5.69 Å². The van der Waals surface area contributed by atoms with E-state index in [4.69, 9.17) is 9.47 Å². The molecule has 0 fully saturated rings.